The maximum atomic E-state index is 10.0. The minimum Gasteiger partial charge on any atom is -0.394 e. The van der Waals surface area contributed by atoms with E-state index in [0.717, 1.165) is 19.3 Å². The van der Waals surface area contributed by atoms with Crippen molar-refractivity contribution >= 4 is 0 Å². The van der Waals surface area contributed by atoms with Crippen LogP contribution in [0.5, 0.6) is 0 Å². The summed E-state index contributed by atoms with van der Waals surface area (Å²) in [4.78, 5) is 0. The Bertz CT molecular complexity index is 286. The van der Waals surface area contributed by atoms with Gasteiger partial charge in [-0.2, -0.15) is 0 Å². The SMILES string of the molecule is CCCCC1(C)O[C@H]2O[C@H]([C@H](O)CO)[C@H](O)[C@H]2O1. The van der Waals surface area contributed by atoms with Crippen LogP contribution < -0.4 is 0 Å². The maximum absolute atomic E-state index is 10.0. The Morgan fingerprint density at radius 3 is 2.61 bits per heavy atom. The van der Waals surface area contributed by atoms with E-state index in [-0.39, 0.29) is 0 Å². The van der Waals surface area contributed by atoms with E-state index >= 15 is 0 Å². The minimum atomic E-state index is -1.13. The largest absolute Gasteiger partial charge is 0.394 e. The third-order valence-corrected chi connectivity index (χ3v) is 3.53. The van der Waals surface area contributed by atoms with Gasteiger partial charge in [0.1, 0.15) is 24.4 Å². The van der Waals surface area contributed by atoms with Gasteiger partial charge in [-0.1, -0.05) is 13.3 Å². The van der Waals surface area contributed by atoms with Crippen molar-refractivity contribution in [3.63, 3.8) is 0 Å². The molecule has 6 atom stereocenters. The highest BCUT2D eigenvalue weighted by atomic mass is 16.8. The van der Waals surface area contributed by atoms with Gasteiger partial charge in [0, 0.05) is 6.42 Å². The predicted molar refractivity (Wildman–Crippen MR) is 61.6 cm³/mol. The van der Waals surface area contributed by atoms with Gasteiger partial charge in [-0.25, -0.2) is 0 Å². The smallest absolute Gasteiger partial charge is 0.190 e. The summed E-state index contributed by atoms with van der Waals surface area (Å²) in [5.74, 6) is -0.735. The molecule has 2 aliphatic rings. The first kappa shape index (κ1) is 14.2. The van der Waals surface area contributed by atoms with Crippen LogP contribution in [0.25, 0.3) is 0 Å². The summed E-state index contributed by atoms with van der Waals surface area (Å²) < 4.78 is 16.8. The molecule has 6 heteroatoms. The third kappa shape index (κ3) is 2.54. The summed E-state index contributed by atoms with van der Waals surface area (Å²) in [7, 11) is 0. The molecule has 0 bridgehead atoms. The molecule has 106 valence electrons. The Kier molecular flexibility index (Phi) is 4.25. The first-order chi connectivity index (χ1) is 8.50. The molecular weight excluding hydrogens is 240 g/mol. The Hall–Kier alpha value is -0.240. The molecule has 2 rings (SSSR count). The summed E-state index contributed by atoms with van der Waals surface area (Å²) in [6.45, 7) is 3.45. The molecule has 2 saturated heterocycles. The molecule has 0 aromatic heterocycles. The molecular formula is C12H22O6. The lowest BCUT2D eigenvalue weighted by Gasteiger charge is -2.27. The van der Waals surface area contributed by atoms with Gasteiger partial charge in [-0.05, 0) is 13.3 Å². The Morgan fingerprint density at radius 1 is 1.33 bits per heavy atom. The van der Waals surface area contributed by atoms with E-state index in [0.29, 0.717) is 0 Å². The highest BCUT2D eigenvalue weighted by Gasteiger charge is 2.56. The van der Waals surface area contributed by atoms with E-state index in [1.54, 1.807) is 0 Å². The van der Waals surface area contributed by atoms with Crippen LogP contribution in [-0.4, -0.2) is 58.4 Å². The van der Waals surface area contributed by atoms with E-state index in [1.807, 2.05) is 6.92 Å². The number of hydrogen-bond acceptors (Lipinski definition) is 6. The van der Waals surface area contributed by atoms with E-state index in [4.69, 9.17) is 19.3 Å². The van der Waals surface area contributed by atoms with Crippen molar-refractivity contribution in [2.24, 2.45) is 0 Å². The van der Waals surface area contributed by atoms with Crippen molar-refractivity contribution in [1.82, 2.24) is 0 Å². The topological polar surface area (TPSA) is 88.4 Å². The number of rotatable bonds is 5. The lowest BCUT2D eigenvalue weighted by molar-refractivity contribution is -0.238. The van der Waals surface area contributed by atoms with Gasteiger partial charge in [0.25, 0.3) is 0 Å². The van der Waals surface area contributed by atoms with Crippen molar-refractivity contribution in [2.75, 3.05) is 6.61 Å². The number of hydrogen-bond donors (Lipinski definition) is 3. The molecule has 0 radical (unpaired) electrons. The van der Waals surface area contributed by atoms with Crippen molar-refractivity contribution in [3.8, 4) is 0 Å². The minimum absolute atomic E-state index is 0.464. The van der Waals surface area contributed by atoms with Gasteiger partial charge in [-0.15, -0.1) is 0 Å². The van der Waals surface area contributed by atoms with Crippen LogP contribution in [0, 0.1) is 0 Å². The third-order valence-electron chi connectivity index (χ3n) is 3.53. The monoisotopic (exact) mass is 262 g/mol. The number of ether oxygens (including phenoxy) is 3. The highest BCUT2D eigenvalue weighted by molar-refractivity contribution is 4.96. The lowest BCUT2D eigenvalue weighted by Crippen LogP contribution is -2.42. The second kappa shape index (κ2) is 5.40. The van der Waals surface area contributed by atoms with E-state index in [1.165, 1.54) is 0 Å². The zero-order valence-electron chi connectivity index (χ0n) is 10.8. The molecule has 1 unspecified atom stereocenters. The average molecular weight is 262 g/mol. The zero-order chi connectivity index (χ0) is 13.3. The van der Waals surface area contributed by atoms with Gasteiger partial charge in [0.05, 0.1) is 6.61 Å². The fourth-order valence-corrected chi connectivity index (χ4v) is 2.48. The molecule has 3 N–H and O–H groups in total. The molecule has 0 aliphatic carbocycles. The normalized spacial score (nSPS) is 45.2. The van der Waals surface area contributed by atoms with Crippen LogP contribution in [0.15, 0.2) is 0 Å². The summed E-state index contributed by atoms with van der Waals surface area (Å²) in [5.41, 5.74) is 0. The Morgan fingerprint density at radius 2 is 2.06 bits per heavy atom. The lowest BCUT2D eigenvalue weighted by atomic mass is 10.1. The summed E-state index contributed by atoms with van der Waals surface area (Å²) in [6, 6.07) is 0. The maximum Gasteiger partial charge on any atom is 0.190 e. The van der Waals surface area contributed by atoms with Gasteiger partial charge in [0.15, 0.2) is 12.1 Å². The Labute approximate surface area is 106 Å². The number of aliphatic hydroxyl groups is 3. The van der Waals surface area contributed by atoms with E-state index < -0.39 is 43.1 Å². The highest BCUT2D eigenvalue weighted by Crippen LogP contribution is 2.40. The molecule has 2 heterocycles. The average Bonchev–Trinajstić information content (AvgIpc) is 2.82. The number of aliphatic hydroxyl groups excluding tert-OH is 3. The standard InChI is InChI=1S/C12H22O6/c1-3-4-5-12(2)17-10-8(15)9(7(14)6-13)16-11(10)18-12/h7-11,13-15H,3-6H2,1-2H3/t7-,8+,9-,10-,11-,12?/m1/s1. The summed E-state index contributed by atoms with van der Waals surface area (Å²) in [5, 5.41) is 28.4. The van der Waals surface area contributed by atoms with Crippen LogP contribution in [0.1, 0.15) is 33.1 Å². The zero-order valence-corrected chi connectivity index (χ0v) is 10.8. The van der Waals surface area contributed by atoms with E-state index in [2.05, 4.69) is 6.92 Å². The second-order valence-electron chi connectivity index (χ2n) is 5.15. The van der Waals surface area contributed by atoms with Gasteiger partial charge in [-0.3, -0.25) is 0 Å². The number of unbranched alkanes of at least 4 members (excludes halogenated alkanes) is 1. The summed E-state index contributed by atoms with van der Waals surface area (Å²) >= 11 is 0. The second-order valence-corrected chi connectivity index (χ2v) is 5.15. The van der Waals surface area contributed by atoms with Crippen LogP contribution in [0.4, 0.5) is 0 Å². The molecule has 2 fully saturated rings. The molecule has 0 aromatic carbocycles. The van der Waals surface area contributed by atoms with Crippen LogP contribution in [-0.2, 0) is 14.2 Å². The fourth-order valence-electron chi connectivity index (χ4n) is 2.48. The molecule has 0 amide bonds. The predicted octanol–water partition coefficient (Wildman–Crippen LogP) is -0.253. The van der Waals surface area contributed by atoms with Crippen molar-refractivity contribution in [3.05, 3.63) is 0 Å². The molecule has 6 nitrogen and oxygen atoms in total. The molecule has 0 spiro atoms. The van der Waals surface area contributed by atoms with Gasteiger partial charge in [0.2, 0.25) is 0 Å². The van der Waals surface area contributed by atoms with Crippen molar-refractivity contribution < 1.29 is 29.5 Å². The van der Waals surface area contributed by atoms with Crippen LogP contribution in [0.2, 0.25) is 0 Å². The summed E-state index contributed by atoms with van der Waals surface area (Å²) in [6.07, 6.45) is -1.51. The first-order valence-electron chi connectivity index (χ1n) is 6.49. The van der Waals surface area contributed by atoms with Crippen LogP contribution >= 0.6 is 0 Å². The van der Waals surface area contributed by atoms with Gasteiger partial charge >= 0.3 is 0 Å². The molecule has 18 heavy (non-hydrogen) atoms. The van der Waals surface area contributed by atoms with Gasteiger partial charge < -0.3 is 29.5 Å². The first-order valence-corrected chi connectivity index (χ1v) is 6.49. The fraction of sp³-hybridized carbons (Fsp3) is 1.00. The molecule has 0 saturated carbocycles. The van der Waals surface area contributed by atoms with E-state index in [9.17, 15) is 10.2 Å². The van der Waals surface area contributed by atoms with Crippen molar-refractivity contribution in [1.29, 1.82) is 0 Å². The van der Waals surface area contributed by atoms with Crippen molar-refractivity contribution in [2.45, 2.75) is 69.6 Å². The van der Waals surface area contributed by atoms with Crippen LogP contribution in [0.3, 0.4) is 0 Å². The number of fused-ring (bicyclic) bond motifs is 1. The molecule has 2 aliphatic heterocycles. The Balaban J connectivity index is 1.96. The quantitative estimate of drug-likeness (QED) is 0.633. The molecule has 0 aromatic rings.